The molecule has 0 unspecified atom stereocenters. The van der Waals surface area contributed by atoms with Crippen molar-refractivity contribution < 1.29 is 13.2 Å². The number of tetrazole rings is 1. The summed E-state index contributed by atoms with van der Waals surface area (Å²) in [5, 5.41) is 11.5. The van der Waals surface area contributed by atoms with E-state index in [-0.39, 0.29) is 22.3 Å². The highest BCUT2D eigenvalue weighted by atomic mass is 32.2. The van der Waals surface area contributed by atoms with E-state index in [1.807, 2.05) is 37.3 Å². The van der Waals surface area contributed by atoms with Crippen LogP contribution in [0.25, 0.3) is 5.69 Å². The maximum absolute atomic E-state index is 12.7. The predicted octanol–water partition coefficient (Wildman–Crippen LogP) is 3.56. The number of nitrogens with one attached hydrogen (secondary N) is 1. The molecule has 0 aliphatic carbocycles. The normalized spacial score (nSPS) is 11.2. The van der Waals surface area contributed by atoms with Gasteiger partial charge in [0.15, 0.2) is 5.75 Å². The summed E-state index contributed by atoms with van der Waals surface area (Å²) in [6.45, 7) is 1.89. The molecule has 1 N–H and O–H groups in total. The summed E-state index contributed by atoms with van der Waals surface area (Å²) in [4.78, 5) is 0.159. The van der Waals surface area contributed by atoms with Crippen LogP contribution in [0.15, 0.2) is 83.8 Å². The number of aromatic nitrogens is 4. The quantitative estimate of drug-likeness (QED) is 0.525. The minimum Gasteiger partial charge on any atom is -0.421 e. The zero-order chi connectivity index (χ0) is 20.3. The Balaban J connectivity index is 1.64. The summed E-state index contributed by atoms with van der Waals surface area (Å²) in [6, 6.07) is 22.6. The minimum absolute atomic E-state index is 0.109. The predicted molar refractivity (Wildman–Crippen MR) is 108 cm³/mol. The molecular weight excluding hydrogens is 390 g/mol. The zero-order valence-corrected chi connectivity index (χ0v) is 16.2. The largest absolute Gasteiger partial charge is 0.421 e. The molecule has 4 rings (SSSR count). The van der Waals surface area contributed by atoms with Gasteiger partial charge in [-0.05, 0) is 53.7 Å². The summed E-state index contributed by atoms with van der Waals surface area (Å²) < 4.78 is 35.3. The molecule has 8 nitrogen and oxygen atoms in total. The molecule has 29 heavy (non-hydrogen) atoms. The summed E-state index contributed by atoms with van der Waals surface area (Å²) in [5.41, 5.74) is 1.96. The molecule has 0 saturated carbocycles. The molecule has 146 valence electrons. The smallest absolute Gasteiger partial charge is 0.345 e. The molecule has 0 fully saturated rings. The standard InChI is InChI=1S/C20H17N5O3S/c1-15-11-13-17(14-12-15)29(26,27)22-18-9-5-6-10-19(18)28-20-21-23-24-25(20)16-7-3-2-4-8-16/h2-14,22H,1H3. The summed E-state index contributed by atoms with van der Waals surface area (Å²) in [6.07, 6.45) is 0. The van der Waals surface area contributed by atoms with Crippen LogP contribution in [0.3, 0.4) is 0 Å². The third-order valence-electron chi connectivity index (χ3n) is 4.11. The third-order valence-corrected chi connectivity index (χ3v) is 5.49. The Kier molecular flexibility index (Phi) is 4.96. The van der Waals surface area contributed by atoms with Crippen molar-refractivity contribution in [3.63, 3.8) is 0 Å². The maximum atomic E-state index is 12.7. The van der Waals surface area contributed by atoms with Crippen molar-refractivity contribution in [3.8, 4) is 17.4 Å². The van der Waals surface area contributed by atoms with E-state index in [1.165, 1.54) is 4.68 Å². The van der Waals surface area contributed by atoms with Crippen LogP contribution in [0.2, 0.25) is 0 Å². The lowest BCUT2D eigenvalue weighted by atomic mass is 10.2. The zero-order valence-electron chi connectivity index (χ0n) is 15.4. The molecule has 0 spiro atoms. The second-order valence-electron chi connectivity index (χ2n) is 6.23. The number of ether oxygens (including phenoxy) is 1. The first-order valence-electron chi connectivity index (χ1n) is 8.73. The molecule has 0 amide bonds. The lowest BCUT2D eigenvalue weighted by Crippen LogP contribution is -2.13. The number of benzene rings is 3. The molecule has 0 aliphatic heterocycles. The van der Waals surface area contributed by atoms with Crippen LogP contribution in [-0.4, -0.2) is 28.6 Å². The van der Waals surface area contributed by atoms with Crippen LogP contribution >= 0.6 is 0 Å². The van der Waals surface area contributed by atoms with Crippen molar-refractivity contribution in [1.82, 2.24) is 20.2 Å². The maximum Gasteiger partial charge on any atom is 0.345 e. The number of anilines is 1. The van der Waals surface area contributed by atoms with E-state index in [4.69, 9.17) is 4.74 Å². The van der Waals surface area contributed by atoms with Crippen molar-refractivity contribution in [2.75, 3.05) is 4.72 Å². The second-order valence-corrected chi connectivity index (χ2v) is 7.91. The van der Waals surface area contributed by atoms with Gasteiger partial charge < -0.3 is 4.74 Å². The van der Waals surface area contributed by atoms with E-state index in [9.17, 15) is 8.42 Å². The molecule has 0 saturated heterocycles. The Labute approximate surface area is 167 Å². The molecule has 3 aromatic carbocycles. The van der Waals surface area contributed by atoms with Crippen molar-refractivity contribution in [3.05, 3.63) is 84.4 Å². The first-order chi connectivity index (χ1) is 14.0. The molecule has 1 heterocycles. The fourth-order valence-electron chi connectivity index (χ4n) is 2.63. The summed E-state index contributed by atoms with van der Waals surface area (Å²) in [5.74, 6) is 0.273. The van der Waals surface area contributed by atoms with Gasteiger partial charge in [0.2, 0.25) is 0 Å². The fourth-order valence-corrected chi connectivity index (χ4v) is 3.70. The van der Waals surface area contributed by atoms with Gasteiger partial charge in [-0.2, -0.15) is 4.68 Å². The second kappa shape index (κ2) is 7.72. The molecule has 9 heteroatoms. The van der Waals surface area contributed by atoms with Gasteiger partial charge in [-0.25, -0.2) is 8.42 Å². The highest BCUT2D eigenvalue weighted by molar-refractivity contribution is 7.92. The van der Waals surface area contributed by atoms with Crippen LogP contribution in [0.4, 0.5) is 5.69 Å². The number of rotatable bonds is 6. The van der Waals surface area contributed by atoms with Crippen LogP contribution in [0, 0.1) is 6.92 Å². The van der Waals surface area contributed by atoms with E-state index >= 15 is 0 Å². The summed E-state index contributed by atoms with van der Waals surface area (Å²) >= 11 is 0. The molecule has 0 radical (unpaired) electrons. The third kappa shape index (κ3) is 4.09. The molecule has 1 aromatic heterocycles. The van der Waals surface area contributed by atoms with Gasteiger partial charge >= 0.3 is 6.01 Å². The average molecular weight is 407 g/mol. The number of nitrogens with zero attached hydrogens (tertiary/aromatic N) is 4. The Morgan fingerprint density at radius 3 is 2.34 bits per heavy atom. The summed E-state index contributed by atoms with van der Waals surface area (Å²) in [7, 11) is -3.78. The van der Waals surface area contributed by atoms with Gasteiger partial charge in [-0.3, -0.25) is 4.72 Å². The van der Waals surface area contributed by atoms with E-state index in [0.29, 0.717) is 5.69 Å². The van der Waals surface area contributed by atoms with Gasteiger partial charge in [0, 0.05) is 0 Å². The van der Waals surface area contributed by atoms with E-state index < -0.39 is 10.0 Å². The first kappa shape index (κ1) is 18.6. The van der Waals surface area contributed by atoms with E-state index in [0.717, 1.165) is 5.56 Å². The highest BCUT2D eigenvalue weighted by Crippen LogP contribution is 2.30. The SMILES string of the molecule is Cc1ccc(S(=O)(=O)Nc2ccccc2Oc2nnnn2-c2ccccc2)cc1. The lowest BCUT2D eigenvalue weighted by Gasteiger charge is -2.13. The van der Waals surface area contributed by atoms with Gasteiger partial charge in [-0.1, -0.05) is 53.1 Å². The fraction of sp³-hybridized carbons (Fsp3) is 0.0500. The Hall–Kier alpha value is -3.72. The molecule has 0 bridgehead atoms. The number of sulfonamides is 1. The van der Waals surface area contributed by atoms with Crippen LogP contribution in [0.5, 0.6) is 11.8 Å². The minimum atomic E-state index is -3.78. The van der Waals surface area contributed by atoms with Gasteiger partial charge in [0.25, 0.3) is 10.0 Å². The highest BCUT2D eigenvalue weighted by Gasteiger charge is 2.18. The molecule has 0 atom stereocenters. The number of aryl methyl sites for hydroxylation is 1. The molecule has 0 aliphatic rings. The molecular formula is C20H17N5O3S. The van der Waals surface area contributed by atoms with Crippen molar-refractivity contribution in [1.29, 1.82) is 0 Å². The first-order valence-corrected chi connectivity index (χ1v) is 10.2. The van der Waals surface area contributed by atoms with E-state index in [1.54, 1.807) is 48.5 Å². The Bertz CT molecular complexity index is 1220. The van der Waals surface area contributed by atoms with Crippen molar-refractivity contribution in [2.45, 2.75) is 11.8 Å². The van der Waals surface area contributed by atoms with Gasteiger partial charge in [0.05, 0.1) is 16.3 Å². The van der Waals surface area contributed by atoms with Crippen LogP contribution in [-0.2, 0) is 10.0 Å². The number of hydrogen-bond acceptors (Lipinski definition) is 6. The van der Waals surface area contributed by atoms with Gasteiger partial charge in [-0.15, -0.1) is 0 Å². The number of hydrogen-bond donors (Lipinski definition) is 1. The molecule has 4 aromatic rings. The van der Waals surface area contributed by atoms with E-state index in [2.05, 4.69) is 20.2 Å². The number of para-hydroxylation sites is 3. The van der Waals surface area contributed by atoms with Crippen molar-refractivity contribution >= 4 is 15.7 Å². The average Bonchev–Trinajstić information content (AvgIpc) is 3.18. The van der Waals surface area contributed by atoms with Gasteiger partial charge in [0.1, 0.15) is 0 Å². The van der Waals surface area contributed by atoms with Crippen LogP contribution in [0.1, 0.15) is 5.56 Å². The van der Waals surface area contributed by atoms with Crippen molar-refractivity contribution in [2.24, 2.45) is 0 Å². The topological polar surface area (TPSA) is 99.0 Å². The monoisotopic (exact) mass is 407 g/mol. The lowest BCUT2D eigenvalue weighted by molar-refractivity contribution is 0.429. The Morgan fingerprint density at radius 1 is 0.897 bits per heavy atom. The Morgan fingerprint density at radius 2 is 1.59 bits per heavy atom. The van der Waals surface area contributed by atoms with Crippen LogP contribution < -0.4 is 9.46 Å².